The summed E-state index contributed by atoms with van der Waals surface area (Å²) in [6, 6.07) is 9.84. The molecular formula is C17H24BrN. The summed E-state index contributed by atoms with van der Waals surface area (Å²) >= 11 is 3.53. The molecule has 1 atom stereocenters. The van der Waals surface area contributed by atoms with Gasteiger partial charge in [0.1, 0.15) is 0 Å². The molecule has 0 spiro atoms. The highest BCUT2D eigenvalue weighted by atomic mass is 79.9. The smallest absolute Gasteiger partial charge is 0.0175 e. The van der Waals surface area contributed by atoms with Crippen LogP contribution in [0.15, 0.2) is 28.7 Å². The number of hydrogen-bond donors (Lipinski definition) is 0. The Bertz CT molecular complexity index is 392. The highest BCUT2D eigenvalue weighted by molar-refractivity contribution is 9.10. The fourth-order valence-electron chi connectivity index (χ4n) is 3.75. The first-order chi connectivity index (χ1) is 9.33. The highest BCUT2D eigenvalue weighted by Gasteiger charge is 2.29. The molecule has 1 nitrogen and oxygen atoms in total. The van der Waals surface area contributed by atoms with E-state index in [1.54, 1.807) is 0 Å². The van der Waals surface area contributed by atoms with Gasteiger partial charge in [-0.1, -0.05) is 53.7 Å². The molecule has 19 heavy (non-hydrogen) atoms. The molecule has 1 saturated carbocycles. The fraction of sp³-hybridized carbons (Fsp3) is 0.647. The van der Waals surface area contributed by atoms with Crippen LogP contribution in [0, 0.1) is 0 Å². The molecule has 0 aromatic heterocycles. The van der Waals surface area contributed by atoms with Crippen molar-refractivity contribution in [1.82, 2.24) is 4.90 Å². The van der Waals surface area contributed by atoms with Crippen LogP contribution in [0.1, 0.15) is 56.4 Å². The second kappa shape index (κ2) is 6.41. The summed E-state index contributed by atoms with van der Waals surface area (Å²) < 4.78 is 1.19. The minimum absolute atomic E-state index is 0.761. The standard InChI is InChI=1S/C17H24BrN/c18-16-9-7-14(8-10-16)15-11-12-19(13-15)17-5-3-1-2-4-6-17/h7-10,15,17H,1-6,11-13H2. The quantitative estimate of drug-likeness (QED) is 0.696. The van der Waals surface area contributed by atoms with E-state index in [0.717, 1.165) is 12.0 Å². The van der Waals surface area contributed by atoms with Crippen molar-refractivity contribution in [2.24, 2.45) is 0 Å². The van der Waals surface area contributed by atoms with E-state index < -0.39 is 0 Å². The van der Waals surface area contributed by atoms with Crippen molar-refractivity contribution in [1.29, 1.82) is 0 Å². The first-order valence-corrected chi connectivity index (χ1v) is 8.62. The van der Waals surface area contributed by atoms with E-state index in [1.165, 1.54) is 68.1 Å². The Morgan fingerprint density at radius 3 is 2.26 bits per heavy atom. The average Bonchev–Trinajstić information content (AvgIpc) is 2.76. The summed E-state index contributed by atoms with van der Waals surface area (Å²) in [5, 5.41) is 0. The van der Waals surface area contributed by atoms with Crippen molar-refractivity contribution >= 4 is 15.9 Å². The molecule has 2 aliphatic rings. The zero-order valence-corrected chi connectivity index (χ0v) is 13.2. The van der Waals surface area contributed by atoms with Gasteiger partial charge in [-0.2, -0.15) is 0 Å². The van der Waals surface area contributed by atoms with Gasteiger partial charge in [0.2, 0.25) is 0 Å². The lowest BCUT2D eigenvalue weighted by Gasteiger charge is -2.26. The normalized spacial score (nSPS) is 26.5. The second-order valence-corrected chi connectivity index (χ2v) is 7.09. The Morgan fingerprint density at radius 1 is 0.895 bits per heavy atom. The van der Waals surface area contributed by atoms with E-state index in [1.807, 2.05) is 0 Å². The van der Waals surface area contributed by atoms with Crippen molar-refractivity contribution in [2.75, 3.05) is 13.1 Å². The average molecular weight is 322 g/mol. The van der Waals surface area contributed by atoms with Crippen molar-refractivity contribution in [3.05, 3.63) is 34.3 Å². The van der Waals surface area contributed by atoms with Gasteiger partial charge in [0.15, 0.2) is 0 Å². The second-order valence-electron chi connectivity index (χ2n) is 6.18. The molecule has 1 aromatic carbocycles. The van der Waals surface area contributed by atoms with Gasteiger partial charge >= 0.3 is 0 Å². The predicted molar refractivity (Wildman–Crippen MR) is 84.6 cm³/mol. The molecule has 0 radical (unpaired) electrons. The van der Waals surface area contributed by atoms with Crippen LogP contribution in [0.4, 0.5) is 0 Å². The summed E-state index contributed by atoms with van der Waals surface area (Å²) in [5.41, 5.74) is 1.53. The Morgan fingerprint density at radius 2 is 1.58 bits per heavy atom. The van der Waals surface area contributed by atoms with Crippen LogP contribution in [0.2, 0.25) is 0 Å². The van der Waals surface area contributed by atoms with Gasteiger partial charge in [0.05, 0.1) is 0 Å². The van der Waals surface area contributed by atoms with Gasteiger partial charge in [-0.15, -0.1) is 0 Å². The molecule has 1 aliphatic carbocycles. The lowest BCUT2D eigenvalue weighted by molar-refractivity contribution is 0.218. The maximum atomic E-state index is 3.53. The number of rotatable bonds is 2. The van der Waals surface area contributed by atoms with E-state index in [2.05, 4.69) is 45.1 Å². The molecule has 0 N–H and O–H groups in total. The number of halogens is 1. The Balaban J connectivity index is 1.61. The SMILES string of the molecule is Brc1ccc(C2CCN(C3CCCCCC3)C2)cc1. The van der Waals surface area contributed by atoms with Crippen LogP contribution in [0.3, 0.4) is 0 Å². The van der Waals surface area contributed by atoms with Gasteiger partial charge < -0.3 is 0 Å². The molecule has 1 saturated heterocycles. The summed E-state index contributed by atoms with van der Waals surface area (Å²) in [4.78, 5) is 2.78. The Labute approximate surface area is 125 Å². The fourth-order valence-corrected chi connectivity index (χ4v) is 4.01. The molecule has 2 fully saturated rings. The topological polar surface area (TPSA) is 3.24 Å². The third-order valence-corrected chi connectivity index (χ3v) is 5.43. The maximum Gasteiger partial charge on any atom is 0.0175 e. The Hall–Kier alpha value is -0.340. The molecule has 1 aromatic rings. The number of benzene rings is 1. The molecule has 104 valence electrons. The minimum atomic E-state index is 0.761. The van der Waals surface area contributed by atoms with E-state index in [-0.39, 0.29) is 0 Å². The van der Waals surface area contributed by atoms with Gasteiger partial charge in [0, 0.05) is 17.1 Å². The number of likely N-dealkylation sites (tertiary alicyclic amines) is 1. The van der Waals surface area contributed by atoms with Crippen molar-refractivity contribution in [3.8, 4) is 0 Å². The van der Waals surface area contributed by atoms with E-state index >= 15 is 0 Å². The van der Waals surface area contributed by atoms with E-state index in [9.17, 15) is 0 Å². The van der Waals surface area contributed by atoms with E-state index in [4.69, 9.17) is 0 Å². The van der Waals surface area contributed by atoms with Crippen LogP contribution in [-0.4, -0.2) is 24.0 Å². The summed E-state index contributed by atoms with van der Waals surface area (Å²) in [6.45, 7) is 2.59. The number of nitrogens with zero attached hydrogens (tertiary/aromatic N) is 1. The third-order valence-electron chi connectivity index (χ3n) is 4.90. The van der Waals surface area contributed by atoms with E-state index in [0.29, 0.717) is 0 Å². The molecule has 0 bridgehead atoms. The minimum Gasteiger partial charge on any atom is -0.300 e. The van der Waals surface area contributed by atoms with Gasteiger partial charge in [-0.25, -0.2) is 0 Å². The van der Waals surface area contributed by atoms with Crippen molar-refractivity contribution in [3.63, 3.8) is 0 Å². The van der Waals surface area contributed by atoms with Gasteiger partial charge in [-0.05, 0) is 49.4 Å². The molecular weight excluding hydrogens is 298 g/mol. The summed E-state index contributed by atoms with van der Waals surface area (Å²) in [6.07, 6.45) is 10.0. The first-order valence-electron chi connectivity index (χ1n) is 7.82. The highest BCUT2D eigenvalue weighted by Crippen LogP contribution is 2.32. The zero-order chi connectivity index (χ0) is 13.1. The van der Waals surface area contributed by atoms with Crippen LogP contribution in [0.5, 0.6) is 0 Å². The third kappa shape index (κ3) is 3.41. The molecule has 2 heteroatoms. The molecule has 3 rings (SSSR count). The number of hydrogen-bond acceptors (Lipinski definition) is 1. The zero-order valence-electron chi connectivity index (χ0n) is 11.7. The lowest BCUT2D eigenvalue weighted by Crippen LogP contribution is -2.32. The van der Waals surface area contributed by atoms with Gasteiger partial charge in [0.25, 0.3) is 0 Å². The molecule has 1 unspecified atom stereocenters. The van der Waals surface area contributed by atoms with Crippen LogP contribution < -0.4 is 0 Å². The van der Waals surface area contributed by atoms with Crippen molar-refractivity contribution < 1.29 is 0 Å². The van der Waals surface area contributed by atoms with Crippen LogP contribution >= 0.6 is 15.9 Å². The van der Waals surface area contributed by atoms with Gasteiger partial charge in [-0.3, -0.25) is 4.90 Å². The predicted octanol–water partition coefficient (Wildman–Crippen LogP) is 4.96. The Kier molecular flexibility index (Phi) is 4.60. The largest absolute Gasteiger partial charge is 0.300 e. The monoisotopic (exact) mass is 321 g/mol. The van der Waals surface area contributed by atoms with Crippen molar-refractivity contribution in [2.45, 2.75) is 56.9 Å². The van der Waals surface area contributed by atoms with Crippen LogP contribution in [-0.2, 0) is 0 Å². The molecule has 1 heterocycles. The summed E-state index contributed by atoms with van der Waals surface area (Å²) in [5.74, 6) is 0.761. The molecule has 0 amide bonds. The lowest BCUT2D eigenvalue weighted by atomic mass is 9.98. The maximum absolute atomic E-state index is 3.53. The summed E-state index contributed by atoms with van der Waals surface area (Å²) in [7, 11) is 0. The van der Waals surface area contributed by atoms with Crippen LogP contribution in [0.25, 0.3) is 0 Å². The molecule has 1 aliphatic heterocycles. The first kappa shape index (κ1) is 13.6.